The number of aryl methyl sites for hydroxylation is 1. The van der Waals surface area contributed by atoms with Gasteiger partial charge in [0.05, 0.1) is 23.0 Å². The van der Waals surface area contributed by atoms with Crippen molar-refractivity contribution in [3.05, 3.63) is 54.2 Å². The fraction of sp³-hybridized carbons (Fsp3) is 0.250. The van der Waals surface area contributed by atoms with Gasteiger partial charge >= 0.3 is 0 Å². The second-order valence-corrected chi connectivity index (χ2v) is 7.00. The highest BCUT2D eigenvalue weighted by Gasteiger charge is 2.13. The van der Waals surface area contributed by atoms with Gasteiger partial charge in [-0.2, -0.15) is 0 Å². The lowest BCUT2D eigenvalue weighted by atomic mass is 10.1. The average molecular weight is 336 g/mol. The maximum atomic E-state index is 5.47. The fourth-order valence-electron chi connectivity index (χ4n) is 3.07. The molecule has 0 amide bonds. The summed E-state index contributed by atoms with van der Waals surface area (Å²) in [5.41, 5.74) is 4.63. The third-order valence-electron chi connectivity index (χ3n) is 4.36. The smallest absolute Gasteiger partial charge is 0.195 e. The zero-order valence-electron chi connectivity index (χ0n) is 14.0. The van der Waals surface area contributed by atoms with E-state index in [-0.39, 0.29) is 0 Å². The standard InChI is InChI=1S/C20H20N2OS/c1-3-4-7-14-10-11-17-19(12-14)24-20-21-16(13-22(17)20)15-8-5-6-9-18(15)23-2/h5-6,8-13H,3-4,7H2,1-2H3. The number of nitrogens with zero attached hydrogens (tertiary/aromatic N) is 2. The number of benzene rings is 2. The molecule has 4 rings (SSSR count). The van der Waals surface area contributed by atoms with Gasteiger partial charge in [-0.3, -0.25) is 4.40 Å². The second-order valence-electron chi connectivity index (χ2n) is 5.99. The number of thiazole rings is 1. The van der Waals surface area contributed by atoms with Crippen LogP contribution < -0.4 is 4.74 Å². The number of para-hydroxylation sites is 1. The van der Waals surface area contributed by atoms with E-state index in [4.69, 9.17) is 9.72 Å². The summed E-state index contributed by atoms with van der Waals surface area (Å²) < 4.78 is 8.96. The van der Waals surface area contributed by atoms with Gasteiger partial charge in [-0.25, -0.2) is 4.98 Å². The molecule has 2 aromatic heterocycles. The van der Waals surface area contributed by atoms with Crippen molar-refractivity contribution in [2.45, 2.75) is 26.2 Å². The van der Waals surface area contributed by atoms with Gasteiger partial charge in [-0.05, 0) is 42.7 Å². The van der Waals surface area contributed by atoms with Crippen molar-refractivity contribution in [1.82, 2.24) is 9.38 Å². The third kappa shape index (κ3) is 2.57. The van der Waals surface area contributed by atoms with Gasteiger partial charge in [0.25, 0.3) is 0 Å². The van der Waals surface area contributed by atoms with E-state index in [0.717, 1.165) is 28.4 Å². The van der Waals surface area contributed by atoms with Crippen LogP contribution in [0, 0.1) is 0 Å². The monoisotopic (exact) mass is 336 g/mol. The fourth-order valence-corrected chi connectivity index (χ4v) is 4.14. The van der Waals surface area contributed by atoms with E-state index in [1.54, 1.807) is 18.4 Å². The Morgan fingerprint density at radius 1 is 1.17 bits per heavy atom. The van der Waals surface area contributed by atoms with Gasteiger partial charge < -0.3 is 4.74 Å². The summed E-state index contributed by atoms with van der Waals surface area (Å²) in [4.78, 5) is 5.85. The molecule has 0 saturated heterocycles. The Hall–Kier alpha value is -2.33. The summed E-state index contributed by atoms with van der Waals surface area (Å²) in [5.74, 6) is 0.856. The second kappa shape index (κ2) is 6.29. The van der Waals surface area contributed by atoms with Crippen molar-refractivity contribution in [3.63, 3.8) is 0 Å². The molecular weight excluding hydrogens is 316 g/mol. The van der Waals surface area contributed by atoms with E-state index >= 15 is 0 Å². The number of hydrogen-bond acceptors (Lipinski definition) is 3. The number of ether oxygens (including phenoxy) is 1. The van der Waals surface area contributed by atoms with Crippen molar-refractivity contribution in [2.75, 3.05) is 7.11 Å². The third-order valence-corrected chi connectivity index (χ3v) is 5.38. The largest absolute Gasteiger partial charge is 0.496 e. The zero-order valence-corrected chi connectivity index (χ0v) is 14.8. The number of fused-ring (bicyclic) bond motifs is 3. The van der Waals surface area contributed by atoms with E-state index in [0.29, 0.717) is 0 Å². The summed E-state index contributed by atoms with van der Waals surface area (Å²) in [6, 6.07) is 14.8. The van der Waals surface area contributed by atoms with Crippen LogP contribution in [0.15, 0.2) is 48.7 Å². The quantitative estimate of drug-likeness (QED) is 0.476. The van der Waals surface area contributed by atoms with Crippen molar-refractivity contribution in [3.8, 4) is 17.0 Å². The van der Waals surface area contributed by atoms with Crippen LogP contribution in [0.4, 0.5) is 0 Å². The van der Waals surface area contributed by atoms with Crippen LogP contribution in [0.1, 0.15) is 25.3 Å². The van der Waals surface area contributed by atoms with E-state index in [1.807, 2.05) is 18.2 Å². The Kier molecular flexibility index (Phi) is 3.98. The first-order chi connectivity index (χ1) is 11.8. The summed E-state index contributed by atoms with van der Waals surface area (Å²) in [6.07, 6.45) is 5.73. The molecule has 24 heavy (non-hydrogen) atoms. The molecule has 4 heteroatoms. The van der Waals surface area contributed by atoms with Gasteiger partial charge in [0.1, 0.15) is 5.75 Å². The van der Waals surface area contributed by atoms with Gasteiger partial charge in [0, 0.05) is 11.8 Å². The first kappa shape index (κ1) is 15.2. The molecule has 0 atom stereocenters. The first-order valence-electron chi connectivity index (χ1n) is 8.34. The number of hydrogen-bond donors (Lipinski definition) is 0. The summed E-state index contributed by atoms with van der Waals surface area (Å²) >= 11 is 1.75. The highest BCUT2D eigenvalue weighted by Crippen LogP contribution is 2.33. The molecule has 0 bridgehead atoms. The lowest BCUT2D eigenvalue weighted by Crippen LogP contribution is -1.87. The van der Waals surface area contributed by atoms with Crippen molar-refractivity contribution in [1.29, 1.82) is 0 Å². The van der Waals surface area contributed by atoms with Crippen molar-refractivity contribution in [2.24, 2.45) is 0 Å². The highest BCUT2D eigenvalue weighted by molar-refractivity contribution is 7.23. The van der Waals surface area contributed by atoms with E-state index in [9.17, 15) is 0 Å². The minimum absolute atomic E-state index is 0.856. The molecule has 0 spiro atoms. The molecule has 0 unspecified atom stereocenters. The molecule has 122 valence electrons. The average Bonchev–Trinajstić information content (AvgIpc) is 3.17. The van der Waals surface area contributed by atoms with Crippen LogP contribution in [0.3, 0.4) is 0 Å². The van der Waals surface area contributed by atoms with Crippen molar-refractivity contribution < 1.29 is 4.74 Å². The molecule has 4 aromatic rings. The molecule has 0 N–H and O–H groups in total. The molecule has 3 nitrogen and oxygen atoms in total. The molecule has 0 aliphatic rings. The number of unbranched alkanes of at least 4 members (excludes halogenated alkanes) is 1. The zero-order chi connectivity index (χ0) is 16.5. The van der Waals surface area contributed by atoms with E-state index in [1.165, 1.54) is 28.6 Å². The molecule has 2 aromatic carbocycles. The Morgan fingerprint density at radius 2 is 2.04 bits per heavy atom. The van der Waals surface area contributed by atoms with Crippen LogP contribution >= 0.6 is 11.3 Å². The van der Waals surface area contributed by atoms with Gasteiger partial charge in [-0.1, -0.05) is 42.9 Å². The van der Waals surface area contributed by atoms with Crippen LogP contribution in [0.2, 0.25) is 0 Å². The summed E-state index contributed by atoms with van der Waals surface area (Å²) in [5, 5.41) is 0. The molecule has 0 saturated carbocycles. The summed E-state index contributed by atoms with van der Waals surface area (Å²) in [6.45, 7) is 2.23. The van der Waals surface area contributed by atoms with Crippen LogP contribution in [-0.2, 0) is 6.42 Å². The Morgan fingerprint density at radius 3 is 2.88 bits per heavy atom. The lowest BCUT2D eigenvalue weighted by molar-refractivity contribution is 0.416. The van der Waals surface area contributed by atoms with Crippen LogP contribution in [0.5, 0.6) is 5.75 Å². The maximum absolute atomic E-state index is 5.47. The normalized spacial score (nSPS) is 11.4. The summed E-state index contributed by atoms with van der Waals surface area (Å²) in [7, 11) is 1.70. The van der Waals surface area contributed by atoms with Crippen LogP contribution in [0.25, 0.3) is 26.4 Å². The number of rotatable bonds is 5. The topological polar surface area (TPSA) is 26.5 Å². The molecule has 0 aliphatic heterocycles. The minimum Gasteiger partial charge on any atom is -0.496 e. The van der Waals surface area contributed by atoms with Gasteiger partial charge in [-0.15, -0.1) is 0 Å². The van der Waals surface area contributed by atoms with Gasteiger partial charge in [0.15, 0.2) is 4.96 Å². The Balaban J connectivity index is 1.79. The first-order valence-corrected chi connectivity index (χ1v) is 9.15. The molecule has 2 heterocycles. The van der Waals surface area contributed by atoms with Crippen LogP contribution in [-0.4, -0.2) is 16.5 Å². The Bertz CT molecular complexity index is 999. The number of aromatic nitrogens is 2. The van der Waals surface area contributed by atoms with E-state index < -0.39 is 0 Å². The molecule has 0 aliphatic carbocycles. The number of imidazole rings is 1. The molecule has 0 radical (unpaired) electrons. The Labute approximate surface area is 145 Å². The van der Waals surface area contributed by atoms with Gasteiger partial charge in [0.2, 0.25) is 0 Å². The maximum Gasteiger partial charge on any atom is 0.195 e. The highest BCUT2D eigenvalue weighted by atomic mass is 32.1. The lowest BCUT2D eigenvalue weighted by Gasteiger charge is -2.04. The number of methoxy groups -OCH3 is 1. The minimum atomic E-state index is 0.856. The van der Waals surface area contributed by atoms with Crippen molar-refractivity contribution >= 4 is 26.5 Å². The SMILES string of the molecule is CCCCc1ccc2c(c1)sc1nc(-c3ccccc3OC)cn12. The molecular formula is C20H20N2OS. The van der Waals surface area contributed by atoms with E-state index in [2.05, 4.69) is 41.8 Å². The predicted molar refractivity (Wildman–Crippen MR) is 101 cm³/mol. The predicted octanol–water partition coefficient (Wildman–Crippen LogP) is 5.57. The molecule has 0 fully saturated rings.